The van der Waals surface area contributed by atoms with Crippen molar-refractivity contribution in [3.63, 3.8) is 0 Å². The third-order valence-corrected chi connectivity index (χ3v) is 4.67. The number of rotatable bonds is 4. The van der Waals surface area contributed by atoms with Crippen LogP contribution in [0.5, 0.6) is 5.88 Å². The molecule has 7 heteroatoms. The number of anilines is 1. The number of piperidine rings is 1. The predicted octanol–water partition coefficient (Wildman–Crippen LogP) is 1.80. The molecule has 0 aliphatic carbocycles. The molecule has 0 radical (unpaired) electrons. The van der Waals surface area contributed by atoms with Crippen molar-refractivity contribution in [3.8, 4) is 5.88 Å². The first kappa shape index (κ1) is 14.4. The SMILES string of the molecule is CCOc1cc(N2CCCC(c3nnc4n3CCC4)C2)ncn1. The smallest absolute Gasteiger partial charge is 0.218 e. The minimum absolute atomic E-state index is 0.425. The van der Waals surface area contributed by atoms with E-state index >= 15 is 0 Å². The van der Waals surface area contributed by atoms with E-state index in [0.717, 1.165) is 56.4 Å². The molecule has 0 amide bonds. The molecule has 23 heavy (non-hydrogen) atoms. The number of nitrogens with zero attached hydrogens (tertiary/aromatic N) is 6. The topological polar surface area (TPSA) is 69.0 Å². The van der Waals surface area contributed by atoms with E-state index in [4.69, 9.17) is 4.74 Å². The van der Waals surface area contributed by atoms with Crippen LogP contribution in [0.25, 0.3) is 0 Å². The number of aryl methyl sites for hydroxylation is 1. The van der Waals surface area contributed by atoms with Crippen molar-refractivity contribution in [1.29, 1.82) is 0 Å². The number of hydrogen-bond donors (Lipinski definition) is 0. The summed E-state index contributed by atoms with van der Waals surface area (Å²) in [6.45, 7) is 5.59. The first-order valence-electron chi connectivity index (χ1n) is 8.47. The van der Waals surface area contributed by atoms with Crippen LogP contribution in [0.1, 0.15) is 43.8 Å². The molecule has 2 aliphatic rings. The standard InChI is InChI=1S/C16H22N6O/c1-2-23-15-9-14(17-11-18-15)21-7-3-5-12(10-21)16-20-19-13-6-4-8-22(13)16/h9,11-12H,2-8,10H2,1H3. The van der Waals surface area contributed by atoms with Gasteiger partial charge < -0.3 is 14.2 Å². The Morgan fingerprint density at radius 2 is 2.17 bits per heavy atom. The molecule has 1 atom stereocenters. The Bertz CT molecular complexity index is 685. The molecular weight excluding hydrogens is 292 g/mol. The van der Waals surface area contributed by atoms with Gasteiger partial charge in [0.1, 0.15) is 23.8 Å². The molecule has 2 aromatic rings. The Hall–Kier alpha value is -2.18. The third kappa shape index (κ3) is 2.75. The lowest BCUT2D eigenvalue weighted by Gasteiger charge is -2.33. The average molecular weight is 314 g/mol. The largest absolute Gasteiger partial charge is 0.478 e. The molecule has 122 valence electrons. The van der Waals surface area contributed by atoms with Crippen LogP contribution in [0.15, 0.2) is 12.4 Å². The average Bonchev–Trinajstić information content (AvgIpc) is 3.19. The lowest BCUT2D eigenvalue weighted by Crippen LogP contribution is -2.36. The van der Waals surface area contributed by atoms with E-state index in [-0.39, 0.29) is 0 Å². The van der Waals surface area contributed by atoms with Gasteiger partial charge in [0.05, 0.1) is 6.61 Å². The molecule has 4 heterocycles. The molecule has 4 rings (SSSR count). The normalized spacial score (nSPS) is 20.6. The number of ether oxygens (including phenoxy) is 1. The number of hydrogen-bond acceptors (Lipinski definition) is 6. The Labute approximate surface area is 135 Å². The monoisotopic (exact) mass is 314 g/mol. The van der Waals surface area contributed by atoms with Gasteiger partial charge in [0, 0.05) is 38.0 Å². The van der Waals surface area contributed by atoms with Crippen LogP contribution in [-0.2, 0) is 13.0 Å². The van der Waals surface area contributed by atoms with Crippen molar-refractivity contribution in [1.82, 2.24) is 24.7 Å². The second-order valence-electron chi connectivity index (χ2n) is 6.16. The Morgan fingerprint density at radius 1 is 1.22 bits per heavy atom. The van der Waals surface area contributed by atoms with Crippen LogP contribution in [0, 0.1) is 0 Å². The van der Waals surface area contributed by atoms with E-state index in [1.54, 1.807) is 6.33 Å². The summed E-state index contributed by atoms with van der Waals surface area (Å²) < 4.78 is 7.81. The molecule has 1 fully saturated rings. The summed E-state index contributed by atoms with van der Waals surface area (Å²) in [4.78, 5) is 10.9. The molecule has 0 aromatic carbocycles. The summed E-state index contributed by atoms with van der Waals surface area (Å²) in [6, 6.07) is 1.93. The molecule has 0 bridgehead atoms. The fourth-order valence-corrected chi connectivity index (χ4v) is 3.60. The van der Waals surface area contributed by atoms with Crippen molar-refractivity contribution >= 4 is 5.82 Å². The number of fused-ring (bicyclic) bond motifs is 1. The Morgan fingerprint density at radius 3 is 3.09 bits per heavy atom. The second kappa shape index (κ2) is 6.14. The van der Waals surface area contributed by atoms with E-state index in [9.17, 15) is 0 Å². The molecule has 1 saturated heterocycles. The van der Waals surface area contributed by atoms with Crippen LogP contribution >= 0.6 is 0 Å². The van der Waals surface area contributed by atoms with Gasteiger partial charge >= 0.3 is 0 Å². The molecule has 2 aromatic heterocycles. The minimum atomic E-state index is 0.425. The highest BCUT2D eigenvalue weighted by molar-refractivity contribution is 5.42. The van der Waals surface area contributed by atoms with E-state index < -0.39 is 0 Å². The van der Waals surface area contributed by atoms with Crippen LogP contribution < -0.4 is 9.64 Å². The van der Waals surface area contributed by atoms with Crippen molar-refractivity contribution < 1.29 is 4.74 Å². The van der Waals surface area contributed by atoms with Crippen molar-refractivity contribution in [2.24, 2.45) is 0 Å². The summed E-state index contributed by atoms with van der Waals surface area (Å²) in [5.41, 5.74) is 0. The molecular formula is C16H22N6O. The van der Waals surface area contributed by atoms with Gasteiger partial charge in [-0.1, -0.05) is 0 Å². The lowest BCUT2D eigenvalue weighted by atomic mass is 9.97. The molecule has 7 nitrogen and oxygen atoms in total. The van der Waals surface area contributed by atoms with E-state index in [1.165, 1.54) is 6.42 Å². The highest BCUT2D eigenvalue weighted by Crippen LogP contribution is 2.30. The number of aromatic nitrogens is 5. The van der Waals surface area contributed by atoms with Crippen LogP contribution in [-0.4, -0.2) is 44.4 Å². The zero-order valence-electron chi connectivity index (χ0n) is 13.5. The maximum atomic E-state index is 5.49. The van der Waals surface area contributed by atoms with Crippen LogP contribution in [0.2, 0.25) is 0 Å². The highest BCUT2D eigenvalue weighted by Gasteiger charge is 2.29. The maximum absolute atomic E-state index is 5.49. The van der Waals surface area contributed by atoms with Gasteiger partial charge in [-0.3, -0.25) is 0 Å². The summed E-state index contributed by atoms with van der Waals surface area (Å²) in [5, 5.41) is 8.82. The molecule has 2 aliphatic heterocycles. The minimum Gasteiger partial charge on any atom is -0.478 e. The van der Waals surface area contributed by atoms with Gasteiger partial charge in [0.2, 0.25) is 5.88 Å². The van der Waals surface area contributed by atoms with Gasteiger partial charge in [-0.2, -0.15) is 0 Å². The first-order valence-corrected chi connectivity index (χ1v) is 8.47. The lowest BCUT2D eigenvalue weighted by molar-refractivity contribution is 0.326. The summed E-state index contributed by atoms with van der Waals surface area (Å²) in [7, 11) is 0. The molecule has 0 spiro atoms. The van der Waals surface area contributed by atoms with Crippen molar-refractivity contribution in [2.45, 2.75) is 45.1 Å². The Kier molecular flexibility index (Phi) is 3.85. The van der Waals surface area contributed by atoms with Gasteiger partial charge in [-0.15, -0.1) is 10.2 Å². The third-order valence-electron chi connectivity index (χ3n) is 4.67. The second-order valence-corrected chi connectivity index (χ2v) is 6.16. The summed E-state index contributed by atoms with van der Waals surface area (Å²) >= 11 is 0. The predicted molar refractivity (Wildman–Crippen MR) is 85.7 cm³/mol. The van der Waals surface area contributed by atoms with Crippen molar-refractivity contribution in [3.05, 3.63) is 24.0 Å². The first-order chi connectivity index (χ1) is 11.3. The zero-order valence-corrected chi connectivity index (χ0v) is 13.5. The zero-order chi connectivity index (χ0) is 15.6. The van der Waals surface area contributed by atoms with E-state index in [0.29, 0.717) is 18.4 Å². The van der Waals surface area contributed by atoms with Gasteiger partial charge in [0.25, 0.3) is 0 Å². The summed E-state index contributed by atoms with van der Waals surface area (Å²) in [5.74, 6) is 4.31. The van der Waals surface area contributed by atoms with Crippen molar-refractivity contribution in [2.75, 3.05) is 24.6 Å². The Balaban J connectivity index is 1.54. The summed E-state index contributed by atoms with van der Waals surface area (Å²) in [6.07, 6.45) is 6.14. The van der Waals surface area contributed by atoms with Gasteiger partial charge in [-0.25, -0.2) is 9.97 Å². The fraction of sp³-hybridized carbons (Fsp3) is 0.625. The van der Waals surface area contributed by atoms with Crippen LogP contribution in [0.4, 0.5) is 5.82 Å². The van der Waals surface area contributed by atoms with E-state index in [2.05, 4.69) is 29.6 Å². The maximum Gasteiger partial charge on any atom is 0.218 e. The van der Waals surface area contributed by atoms with Crippen LogP contribution in [0.3, 0.4) is 0 Å². The highest BCUT2D eigenvalue weighted by atomic mass is 16.5. The van der Waals surface area contributed by atoms with Gasteiger partial charge in [0.15, 0.2) is 0 Å². The molecule has 1 unspecified atom stereocenters. The van der Waals surface area contributed by atoms with E-state index in [1.807, 2.05) is 13.0 Å². The quantitative estimate of drug-likeness (QED) is 0.857. The molecule has 0 N–H and O–H groups in total. The fourth-order valence-electron chi connectivity index (χ4n) is 3.60. The van der Waals surface area contributed by atoms with Gasteiger partial charge in [-0.05, 0) is 26.2 Å². The molecule has 0 saturated carbocycles.